The van der Waals surface area contributed by atoms with Gasteiger partial charge in [0.25, 0.3) is 0 Å². The summed E-state index contributed by atoms with van der Waals surface area (Å²) in [6.45, 7) is 11.1. The first-order valence-electron chi connectivity index (χ1n) is 6.59. The third-order valence-corrected chi connectivity index (χ3v) is 3.14. The molecular formula is C13H28N2. The molecule has 1 rings (SSSR count). The van der Waals surface area contributed by atoms with Crippen molar-refractivity contribution in [2.45, 2.75) is 39.5 Å². The second-order valence-electron chi connectivity index (χ2n) is 5.41. The van der Waals surface area contributed by atoms with Gasteiger partial charge < -0.3 is 9.80 Å². The Bertz CT molecular complexity index is 151. The maximum absolute atomic E-state index is 2.63. The Hall–Kier alpha value is -0.0800. The van der Waals surface area contributed by atoms with Crippen LogP contribution in [0.25, 0.3) is 0 Å². The average molecular weight is 212 g/mol. The summed E-state index contributed by atoms with van der Waals surface area (Å²) >= 11 is 0. The van der Waals surface area contributed by atoms with Crippen LogP contribution in [0.1, 0.15) is 39.5 Å². The Morgan fingerprint density at radius 2 is 1.80 bits per heavy atom. The lowest BCUT2D eigenvalue weighted by Crippen LogP contribution is -2.33. The first-order valence-corrected chi connectivity index (χ1v) is 6.59. The normalized spacial score (nSPS) is 19.0. The smallest absolute Gasteiger partial charge is 0.000134 e. The van der Waals surface area contributed by atoms with Crippen molar-refractivity contribution in [2.24, 2.45) is 5.92 Å². The van der Waals surface area contributed by atoms with E-state index in [0.717, 1.165) is 5.92 Å². The van der Waals surface area contributed by atoms with Crippen molar-refractivity contribution < 1.29 is 0 Å². The Labute approximate surface area is 95.6 Å². The van der Waals surface area contributed by atoms with E-state index in [-0.39, 0.29) is 0 Å². The van der Waals surface area contributed by atoms with Gasteiger partial charge in [-0.1, -0.05) is 20.3 Å². The van der Waals surface area contributed by atoms with Gasteiger partial charge in [-0.3, -0.25) is 0 Å². The molecule has 90 valence electrons. The van der Waals surface area contributed by atoms with Crippen LogP contribution < -0.4 is 0 Å². The summed E-state index contributed by atoms with van der Waals surface area (Å²) in [5, 5.41) is 0. The Balaban J connectivity index is 1.99. The molecule has 0 aliphatic carbocycles. The Morgan fingerprint density at radius 3 is 2.40 bits per heavy atom. The molecule has 0 spiro atoms. The van der Waals surface area contributed by atoms with E-state index >= 15 is 0 Å². The van der Waals surface area contributed by atoms with Gasteiger partial charge in [0.1, 0.15) is 0 Å². The van der Waals surface area contributed by atoms with E-state index < -0.39 is 0 Å². The van der Waals surface area contributed by atoms with Crippen LogP contribution in [0.2, 0.25) is 0 Å². The lowest BCUT2D eigenvalue weighted by molar-refractivity contribution is 0.207. The van der Waals surface area contributed by atoms with Gasteiger partial charge in [0.15, 0.2) is 0 Å². The number of likely N-dealkylation sites (tertiary alicyclic amines) is 1. The molecule has 2 heteroatoms. The minimum Gasteiger partial charge on any atom is -0.306 e. The number of piperidine rings is 1. The first kappa shape index (κ1) is 13.0. The molecule has 2 nitrogen and oxygen atoms in total. The fourth-order valence-electron chi connectivity index (χ4n) is 2.46. The third-order valence-electron chi connectivity index (χ3n) is 3.14. The number of hydrogen-bond donors (Lipinski definition) is 0. The van der Waals surface area contributed by atoms with Gasteiger partial charge >= 0.3 is 0 Å². The molecule has 0 aromatic rings. The first-order chi connectivity index (χ1) is 7.18. The van der Waals surface area contributed by atoms with Gasteiger partial charge in [-0.05, 0) is 58.4 Å². The van der Waals surface area contributed by atoms with Crippen molar-refractivity contribution >= 4 is 0 Å². The topological polar surface area (TPSA) is 6.48 Å². The predicted octanol–water partition coefficient (Wildman–Crippen LogP) is 2.45. The molecule has 0 amide bonds. The molecule has 1 heterocycles. The van der Waals surface area contributed by atoms with E-state index in [1.54, 1.807) is 0 Å². The van der Waals surface area contributed by atoms with Crippen LogP contribution in [0.15, 0.2) is 0 Å². The molecule has 15 heavy (non-hydrogen) atoms. The second-order valence-corrected chi connectivity index (χ2v) is 5.41. The van der Waals surface area contributed by atoms with Gasteiger partial charge in [-0.15, -0.1) is 0 Å². The van der Waals surface area contributed by atoms with Crippen LogP contribution in [-0.2, 0) is 0 Å². The standard InChI is InChI=1S/C13H28N2/c1-13(2)12-14(3)8-7-11-15-9-5-4-6-10-15/h13H,4-12H2,1-3H3. The SMILES string of the molecule is CC(C)CN(C)CCCN1CCCCC1. The summed E-state index contributed by atoms with van der Waals surface area (Å²) in [4.78, 5) is 5.10. The van der Waals surface area contributed by atoms with Crippen LogP contribution in [-0.4, -0.2) is 49.6 Å². The molecule has 0 N–H and O–H groups in total. The molecule has 0 radical (unpaired) electrons. The van der Waals surface area contributed by atoms with Crippen LogP contribution in [0.3, 0.4) is 0 Å². The average Bonchev–Trinajstić information content (AvgIpc) is 2.18. The Morgan fingerprint density at radius 1 is 1.13 bits per heavy atom. The van der Waals surface area contributed by atoms with E-state index in [9.17, 15) is 0 Å². The Kier molecular flexibility index (Phi) is 6.26. The fourth-order valence-corrected chi connectivity index (χ4v) is 2.46. The molecule has 1 aliphatic heterocycles. The highest BCUT2D eigenvalue weighted by atomic mass is 15.1. The van der Waals surface area contributed by atoms with Crippen LogP contribution in [0.5, 0.6) is 0 Å². The largest absolute Gasteiger partial charge is 0.306 e. The minimum absolute atomic E-state index is 0.796. The summed E-state index contributed by atoms with van der Waals surface area (Å²) in [7, 11) is 2.25. The van der Waals surface area contributed by atoms with Crippen molar-refractivity contribution in [1.82, 2.24) is 9.80 Å². The van der Waals surface area contributed by atoms with E-state index in [1.807, 2.05) is 0 Å². The summed E-state index contributed by atoms with van der Waals surface area (Å²) in [6.07, 6.45) is 5.62. The van der Waals surface area contributed by atoms with Gasteiger partial charge in [-0.25, -0.2) is 0 Å². The predicted molar refractivity (Wildman–Crippen MR) is 67.2 cm³/mol. The highest BCUT2D eigenvalue weighted by molar-refractivity contribution is 4.65. The molecular weight excluding hydrogens is 184 g/mol. The van der Waals surface area contributed by atoms with Crippen LogP contribution in [0, 0.1) is 5.92 Å². The van der Waals surface area contributed by atoms with E-state index in [0.29, 0.717) is 0 Å². The van der Waals surface area contributed by atoms with Crippen molar-refractivity contribution in [3.8, 4) is 0 Å². The van der Waals surface area contributed by atoms with Gasteiger partial charge in [0, 0.05) is 6.54 Å². The third kappa shape index (κ3) is 6.16. The molecule has 0 aromatic heterocycles. The van der Waals surface area contributed by atoms with Crippen molar-refractivity contribution in [1.29, 1.82) is 0 Å². The van der Waals surface area contributed by atoms with E-state index in [2.05, 4.69) is 30.7 Å². The lowest BCUT2D eigenvalue weighted by Gasteiger charge is -2.27. The maximum atomic E-state index is 2.63. The summed E-state index contributed by atoms with van der Waals surface area (Å²) < 4.78 is 0. The summed E-state index contributed by atoms with van der Waals surface area (Å²) in [5.41, 5.74) is 0. The zero-order chi connectivity index (χ0) is 11.1. The van der Waals surface area contributed by atoms with Gasteiger partial charge in [-0.2, -0.15) is 0 Å². The lowest BCUT2D eigenvalue weighted by atomic mass is 10.1. The van der Waals surface area contributed by atoms with Crippen LogP contribution in [0.4, 0.5) is 0 Å². The van der Waals surface area contributed by atoms with Crippen molar-refractivity contribution in [2.75, 3.05) is 39.8 Å². The minimum atomic E-state index is 0.796. The van der Waals surface area contributed by atoms with Gasteiger partial charge in [0.2, 0.25) is 0 Å². The van der Waals surface area contributed by atoms with Gasteiger partial charge in [0.05, 0.1) is 0 Å². The zero-order valence-electron chi connectivity index (χ0n) is 10.8. The van der Waals surface area contributed by atoms with Crippen molar-refractivity contribution in [3.05, 3.63) is 0 Å². The molecule has 1 fully saturated rings. The fraction of sp³-hybridized carbons (Fsp3) is 1.00. The molecule has 0 unspecified atom stereocenters. The maximum Gasteiger partial charge on any atom is 0.000134 e. The molecule has 1 aliphatic rings. The molecule has 1 saturated heterocycles. The monoisotopic (exact) mass is 212 g/mol. The molecule has 0 atom stereocenters. The van der Waals surface area contributed by atoms with Crippen LogP contribution >= 0.6 is 0 Å². The summed E-state index contributed by atoms with van der Waals surface area (Å²) in [6, 6.07) is 0. The highest BCUT2D eigenvalue weighted by Gasteiger charge is 2.09. The highest BCUT2D eigenvalue weighted by Crippen LogP contribution is 2.08. The summed E-state index contributed by atoms with van der Waals surface area (Å²) in [5.74, 6) is 0.796. The second kappa shape index (κ2) is 7.24. The quantitative estimate of drug-likeness (QED) is 0.667. The molecule has 0 bridgehead atoms. The van der Waals surface area contributed by atoms with Crippen molar-refractivity contribution in [3.63, 3.8) is 0 Å². The van der Waals surface area contributed by atoms with E-state index in [4.69, 9.17) is 0 Å². The number of hydrogen-bond acceptors (Lipinski definition) is 2. The number of nitrogens with zero attached hydrogens (tertiary/aromatic N) is 2. The zero-order valence-corrected chi connectivity index (χ0v) is 10.8. The molecule has 0 aromatic carbocycles. The molecule has 0 saturated carbocycles. The number of rotatable bonds is 6. The van der Waals surface area contributed by atoms with E-state index in [1.165, 1.54) is 58.4 Å².